The molecule has 100 valence electrons. The molecule has 0 radical (unpaired) electrons. The van der Waals surface area contributed by atoms with Gasteiger partial charge >= 0.3 is 0 Å². The van der Waals surface area contributed by atoms with Crippen molar-refractivity contribution in [3.63, 3.8) is 0 Å². The maximum atomic E-state index is 13.7. The molecule has 1 aromatic rings. The normalized spacial score (nSPS) is 22.6. The highest BCUT2D eigenvalue weighted by Crippen LogP contribution is 2.37. The topological polar surface area (TPSA) is 49.8 Å². The number of rotatable bonds is 3. The molecule has 1 atom stereocenters. The summed E-state index contributed by atoms with van der Waals surface area (Å²) in [4.78, 5) is 7.99. The first-order chi connectivity index (χ1) is 8.53. The van der Waals surface area contributed by atoms with E-state index in [0.29, 0.717) is 11.8 Å². The zero-order valence-electron chi connectivity index (χ0n) is 11.3. The molecule has 1 aliphatic carbocycles. The van der Waals surface area contributed by atoms with E-state index in [9.17, 15) is 4.39 Å². The summed E-state index contributed by atoms with van der Waals surface area (Å²) >= 11 is 0. The van der Waals surface area contributed by atoms with Gasteiger partial charge in [-0.2, -0.15) is 4.98 Å². The van der Waals surface area contributed by atoms with Crippen LogP contribution in [-0.2, 0) is 0 Å². The summed E-state index contributed by atoms with van der Waals surface area (Å²) in [5.41, 5.74) is 0.176. The zero-order valence-corrected chi connectivity index (χ0v) is 11.3. The van der Waals surface area contributed by atoms with Crippen LogP contribution < -0.4 is 10.6 Å². The molecular formula is C13H21FN4. The van der Waals surface area contributed by atoms with Gasteiger partial charge in [0.2, 0.25) is 5.95 Å². The Labute approximate surface area is 107 Å². The Morgan fingerprint density at radius 3 is 2.83 bits per heavy atom. The predicted molar refractivity (Wildman–Crippen MR) is 71.2 cm³/mol. The van der Waals surface area contributed by atoms with E-state index in [0.717, 1.165) is 12.8 Å². The highest BCUT2D eigenvalue weighted by Gasteiger charge is 2.32. The van der Waals surface area contributed by atoms with Gasteiger partial charge in [-0.15, -0.1) is 0 Å². The first-order valence-corrected chi connectivity index (χ1v) is 6.50. The number of hydrogen-bond acceptors (Lipinski definition) is 4. The van der Waals surface area contributed by atoms with Crippen LogP contribution in [-0.4, -0.2) is 23.1 Å². The van der Waals surface area contributed by atoms with Crippen LogP contribution in [0, 0.1) is 11.2 Å². The third kappa shape index (κ3) is 2.71. The Balaban J connectivity index is 2.17. The van der Waals surface area contributed by atoms with Crippen LogP contribution in [0.3, 0.4) is 0 Å². The minimum absolute atomic E-state index is 0.176. The second-order valence-corrected chi connectivity index (χ2v) is 5.57. The van der Waals surface area contributed by atoms with E-state index in [4.69, 9.17) is 0 Å². The first-order valence-electron chi connectivity index (χ1n) is 6.50. The first kappa shape index (κ1) is 13.1. The van der Waals surface area contributed by atoms with Gasteiger partial charge in [-0.3, -0.25) is 0 Å². The van der Waals surface area contributed by atoms with Crippen LogP contribution >= 0.6 is 0 Å². The third-order valence-electron chi connectivity index (χ3n) is 3.79. The third-order valence-corrected chi connectivity index (χ3v) is 3.79. The average Bonchev–Trinajstić information content (AvgIpc) is 2.34. The fourth-order valence-corrected chi connectivity index (χ4v) is 2.52. The van der Waals surface area contributed by atoms with Crippen molar-refractivity contribution in [3.8, 4) is 0 Å². The van der Waals surface area contributed by atoms with Crippen LogP contribution in [0.2, 0.25) is 0 Å². The lowest BCUT2D eigenvalue weighted by molar-refractivity contribution is 0.216. The molecule has 0 amide bonds. The zero-order chi connectivity index (χ0) is 13.2. The summed E-state index contributed by atoms with van der Waals surface area (Å²) in [5, 5.41) is 6.07. The molecule has 2 N–H and O–H groups in total. The van der Waals surface area contributed by atoms with Crippen molar-refractivity contribution in [1.29, 1.82) is 0 Å². The van der Waals surface area contributed by atoms with Crippen molar-refractivity contribution in [1.82, 2.24) is 9.97 Å². The lowest BCUT2D eigenvalue weighted by atomic mass is 9.73. The number of hydrogen-bond donors (Lipinski definition) is 2. The number of aromatic nitrogens is 2. The number of halogens is 1. The Kier molecular flexibility index (Phi) is 3.68. The minimum Gasteiger partial charge on any atom is -0.364 e. The Hall–Kier alpha value is -1.39. The van der Waals surface area contributed by atoms with E-state index in [-0.39, 0.29) is 11.5 Å². The summed E-state index contributed by atoms with van der Waals surface area (Å²) in [6.07, 6.45) is 5.87. The number of anilines is 2. The second-order valence-electron chi connectivity index (χ2n) is 5.57. The van der Waals surface area contributed by atoms with Crippen LogP contribution in [0.1, 0.15) is 39.5 Å². The molecule has 1 aromatic heterocycles. The van der Waals surface area contributed by atoms with Crippen LogP contribution in [0.5, 0.6) is 0 Å². The fourth-order valence-electron chi connectivity index (χ4n) is 2.52. The molecule has 0 aliphatic heterocycles. The molecule has 18 heavy (non-hydrogen) atoms. The quantitative estimate of drug-likeness (QED) is 0.868. The second kappa shape index (κ2) is 5.08. The smallest absolute Gasteiger partial charge is 0.224 e. The van der Waals surface area contributed by atoms with E-state index in [2.05, 4.69) is 34.4 Å². The van der Waals surface area contributed by atoms with Crippen molar-refractivity contribution in [2.45, 2.75) is 45.6 Å². The Morgan fingerprint density at radius 2 is 2.17 bits per heavy atom. The molecule has 5 heteroatoms. The molecule has 1 heterocycles. The van der Waals surface area contributed by atoms with Gasteiger partial charge in [-0.25, -0.2) is 9.37 Å². The summed E-state index contributed by atoms with van der Waals surface area (Å²) in [6, 6.07) is 0.264. The average molecular weight is 252 g/mol. The monoisotopic (exact) mass is 252 g/mol. The van der Waals surface area contributed by atoms with Crippen LogP contribution in [0.4, 0.5) is 16.2 Å². The van der Waals surface area contributed by atoms with E-state index in [1.54, 1.807) is 7.05 Å². The highest BCUT2D eigenvalue weighted by molar-refractivity contribution is 5.42. The Bertz CT molecular complexity index is 419. The molecule has 0 bridgehead atoms. The van der Waals surface area contributed by atoms with Crippen molar-refractivity contribution in [3.05, 3.63) is 12.0 Å². The predicted octanol–water partition coefficient (Wildman–Crippen LogP) is 3.04. The molecule has 2 rings (SSSR count). The molecule has 1 unspecified atom stereocenters. The molecule has 1 aliphatic rings. The summed E-state index contributed by atoms with van der Waals surface area (Å²) in [6.45, 7) is 4.45. The van der Waals surface area contributed by atoms with Crippen LogP contribution in [0.15, 0.2) is 6.20 Å². The maximum Gasteiger partial charge on any atom is 0.224 e. The minimum atomic E-state index is -0.393. The maximum absolute atomic E-state index is 13.7. The standard InChI is InChI=1S/C13H21FN4/c1-13(2)7-5-4-6-10(13)17-11-9(14)8-16-12(15-3)18-11/h8,10H,4-7H2,1-3H3,(H2,15,16,17,18). The lowest BCUT2D eigenvalue weighted by Crippen LogP contribution is -2.39. The van der Waals surface area contributed by atoms with Gasteiger partial charge in [0, 0.05) is 13.1 Å². The summed E-state index contributed by atoms with van der Waals surface area (Å²) < 4.78 is 13.7. The summed E-state index contributed by atoms with van der Waals surface area (Å²) in [7, 11) is 1.72. The Morgan fingerprint density at radius 1 is 1.39 bits per heavy atom. The van der Waals surface area contributed by atoms with E-state index >= 15 is 0 Å². The summed E-state index contributed by atoms with van der Waals surface area (Å²) in [5.74, 6) is 0.345. The molecule has 0 spiro atoms. The fraction of sp³-hybridized carbons (Fsp3) is 0.692. The molecule has 1 saturated carbocycles. The molecule has 0 saturated heterocycles. The van der Waals surface area contributed by atoms with Gasteiger partial charge in [0.25, 0.3) is 0 Å². The lowest BCUT2D eigenvalue weighted by Gasteiger charge is -2.39. The van der Waals surface area contributed by atoms with Gasteiger partial charge in [0.15, 0.2) is 11.6 Å². The van der Waals surface area contributed by atoms with Gasteiger partial charge in [-0.05, 0) is 18.3 Å². The van der Waals surface area contributed by atoms with E-state index in [1.165, 1.54) is 19.0 Å². The van der Waals surface area contributed by atoms with Crippen molar-refractivity contribution in [2.24, 2.45) is 5.41 Å². The van der Waals surface area contributed by atoms with Crippen molar-refractivity contribution >= 4 is 11.8 Å². The number of nitrogens with one attached hydrogen (secondary N) is 2. The highest BCUT2D eigenvalue weighted by atomic mass is 19.1. The number of nitrogens with zero attached hydrogens (tertiary/aromatic N) is 2. The van der Waals surface area contributed by atoms with Crippen molar-refractivity contribution in [2.75, 3.05) is 17.7 Å². The molecule has 4 nitrogen and oxygen atoms in total. The van der Waals surface area contributed by atoms with E-state index in [1.807, 2.05) is 0 Å². The van der Waals surface area contributed by atoms with Gasteiger partial charge < -0.3 is 10.6 Å². The SMILES string of the molecule is CNc1ncc(F)c(NC2CCCCC2(C)C)n1. The van der Waals surface area contributed by atoms with E-state index < -0.39 is 5.82 Å². The van der Waals surface area contributed by atoms with Crippen LogP contribution in [0.25, 0.3) is 0 Å². The van der Waals surface area contributed by atoms with Crippen molar-refractivity contribution < 1.29 is 4.39 Å². The molecule has 0 aromatic carbocycles. The van der Waals surface area contributed by atoms with Gasteiger partial charge in [0.05, 0.1) is 6.20 Å². The molecular weight excluding hydrogens is 231 g/mol. The van der Waals surface area contributed by atoms with Gasteiger partial charge in [-0.1, -0.05) is 26.7 Å². The molecule has 1 fully saturated rings. The van der Waals surface area contributed by atoms with Gasteiger partial charge in [0.1, 0.15) is 0 Å². The largest absolute Gasteiger partial charge is 0.364 e.